The van der Waals surface area contributed by atoms with Gasteiger partial charge in [0.25, 0.3) is 0 Å². The first-order chi connectivity index (χ1) is 5.47. The molecule has 0 saturated heterocycles. The summed E-state index contributed by atoms with van der Waals surface area (Å²) in [4.78, 5) is 4.02. The SMILES string of the molecule is c1cncc(C2CSN=N2)c1. The molecule has 0 fully saturated rings. The third-order valence-electron chi connectivity index (χ3n) is 1.55. The van der Waals surface area contributed by atoms with Gasteiger partial charge in [-0.1, -0.05) is 6.07 Å². The summed E-state index contributed by atoms with van der Waals surface area (Å²) in [6, 6.07) is 4.19. The fraction of sp³-hybridized carbons (Fsp3) is 0.286. The normalized spacial score (nSPS) is 22.4. The Morgan fingerprint density at radius 2 is 2.55 bits per heavy atom. The summed E-state index contributed by atoms with van der Waals surface area (Å²) in [5.74, 6) is 0.950. The summed E-state index contributed by atoms with van der Waals surface area (Å²) >= 11 is 1.51. The van der Waals surface area contributed by atoms with Gasteiger partial charge in [-0.05, 0) is 23.6 Å². The van der Waals surface area contributed by atoms with Crippen LogP contribution in [0.3, 0.4) is 0 Å². The Kier molecular flexibility index (Phi) is 1.85. The number of rotatable bonds is 1. The Hall–Kier alpha value is -0.900. The minimum Gasteiger partial charge on any atom is -0.264 e. The molecule has 2 rings (SSSR count). The van der Waals surface area contributed by atoms with Crippen LogP contribution >= 0.6 is 11.9 Å². The Labute approximate surface area is 69.1 Å². The highest BCUT2D eigenvalue weighted by molar-refractivity contribution is 7.98. The van der Waals surface area contributed by atoms with Crippen LogP contribution in [0.5, 0.6) is 0 Å². The van der Waals surface area contributed by atoms with E-state index in [9.17, 15) is 0 Å². The maximum Gasteiger partial charge on any atom is 0.109 e. The number of pyridine rings is 1. The zero-order valence-electron chi connectivity index (χ0n) is 5.84. The van der Waals surface area contributed by atoms with Crippen LogP contribution in [0.1, 0.15) is 11.6 Å². The quantitative estimate of drug-likeness (QED) is 0.598. The first kappa shape index (κ1) is 6.79. The topological polar surface area (TPSA) is 37.6 Å². The van der Waals surface area contributed by atoms with Crippen LogP contribution < -0.4 is 0 Å². The third-order valence-corrected chi connectivity index (χ3v) is 2.22. The van der Waals surface area contributed by atoms with Crippen LogP contribution in [-0.4, -0.2) is 10.7 Å². The van der Waals surface area contributed by atoms with E-state index in [-0.39, 0.29) is 6.04 Å². The molecule has 3 nitrogen and oxygen atoms in total. The fourth-order valence-corrected chi connectivity index (χ4v) is 1.61. The van der Waals surface area contributed by atoms with Crippen LogP contribution in [0.15, 0.2) is 34.2 Å². The zero-order chi connectivity index (χ0) is 7.52. The predicted octanol–water partition coefficient (Wildman–Crippen LogP) is 2.24. The van der Waals surface area contributed by atoms with Crippen molar-refractivity contribution in [2.75, 3.05) is 5.75 Å². The van der Waals surface area contributed by atoms with E-state index in [0.29, 0.717) is 0 Å². The molecule has 1 atom stereocenters. The van der Waals surface area contributed by atoms with Crippen molar-refractivity contribution in [2.45, 2.75) is 6.04 Å². The fourth-order valence-electron chi connectivity index (χ4n) is 0.963. The molecule has 11 heavy (non-hydrogen) atoms. The van der Waals surface area contributed by atoms with Crippen molar-refractivity contribution >= 4 is 11.9 Å². The van der Waals surface area contributed by atoms with Crippen molar-refractivity contribution in [1.29, 1.82) is 0 Å². The second-order valence-electron chi connectivity index (χ2n) is 2.30. The zero-order valence-corrected chi connectivity index (χ0v) is 6.66. The van der Waals surface area contributed by atoms with E-state index in [2.05, 4.69) is 14.6 Å². The second-order valence-corrected chi connectivity index (χ2v) is 3.05. The molecule has 56 valence electrons. The lowest BCUT2D eigenvalue weighted by molar-refractivity contribution is 0.809. The molecule has 2 heterocycles. The van der Waals surface area contributed by atoms with Gasteiger partial charge in [0.2, 0.25) is 0 Å². The summed E-state index contributed by atoms with van der Waals surface area (Å²) in [5.41, 5.74) is 1.15. The van der Waals surface area contributed by atoms with E-state index in [1.807, 2.05) is 18.3 Å². The molecule has 0 aliphatic carbocycles. The largest absolute Gasteiger partial charge is 0.264 e. The first-order valence-electron chi connectivity index (χ1n) is 3.39. The summed E-state index contributed by atoms with van der Waals surface area (Å²) < 4.78 is 3.86. The van der Waals surface area contributed by atoms with Crippen LogP contribution in [-0.2, 0) is 0 Å². The highest BCUT2D eigenvalue weighted by Crippen LogP contribution is 2.29. The molecule has 0 bridgehead atoms. The van der Waals surface area contributed by atoms with Gasteiger partial charge in [-0.3, -0.25) is 4.98 Å². The van der Waals surface area contributed by atoms with Gasteiger partial charge >= 0.3 is 0 Å². The van der Waals surface area contributed by atoms with Crippen LogP contribution in [0, 0.1) is 0 Å². The monoisotopic (exact) mass is 165 g/mol. The Bertz CT molecular complexity index is 260. The molecule has 1 unspecified atom stereocenters. The van der Waals surface area contributed by atoms with Crippen molar-refractivity contribution < 1.29 is 0 Å². The molecule has 1 aliphatic rings. The highest BCUT2D eigenvalue weighted by Gasteiger charge is 2.14. The van der Waals surface area contributed by atoms with E-state index in [0.717, 1.165) is 11.3 Å². The average molecular weight is 165 g/mol. The standard InChI is InChI=1S/C7H7N3S/c1-2-6(4-8-3-1)7-5-11-10-9-7/h1-4,7H,5H2. The molecular formula is C7H7N3S. The molecule has 0 spiro atoms. The van der Waals surface area contributed by atoms with E-state index in [4.69, 9.17) is 0 Å². The van der Waals surface area contributed by atoms with Gasteiger partial charge in [0.05, 0.1) is 0 Å². The smallest absolute Gasteiger partial charge is 0.109 e. The third kappa shape index (κ3) is 1.40. The van der Waals surface area contributed by atoms with Gasteiger partial charge < -0.3 is 0 Å². The van der Waals surface area contributed by atoms with E-state index < -0.39 is 0 Å². The van der Waals surface area contributed by atoms with Crippen LogP contribution in [0.4, 0.5) is 0 Å². The van der Waals surface area contributed by atoms with E-state index >= 15 is 0 Å². The van der Waals surface area contributed by atoms with Gasteiger partial charge in [-0.2, -0.15) is 5.11 Å². The van der Waals surface area contributed by atoms with Crippen molar-refractivity contribution in [2.24, 2.45) is 9.63 Å². The lowest BCUT2D eigenvalue weighted by Gasteiger charge is -2.01. The number of hydrogen-bond acceptors (Lipinski definition) is 4. The Morgan fingerprint density at radius 3 is 3.18 bits per heavy atom. The Balaban J connectivity index is 2.23. The number of aromatic nitrogens is 1. The van der Waals surface area contributed by atoms with Gasteiger partial charge in [-0.15, -0.1) is 4.52 Å². The highest BCUT2D eigenvalue weighted by atomic mass is 32.2. The average Bonchev–Trinajstić information content (AvgIpc) is 2.58. The number of hydrogen-bond donors (Lipinski definition) is 0. The van der Waals surface area contributed by atoms with Crippen molar-refractivity contribution in [1.82, 2.24) is 4.98 Å². The maximum atomic E-state index is 4.05. The lowest BCUT2D eigenvalue weighted by atomic mass is 10.2. The van der Waals surface area contributed by atoms with Crippen molar-refractivity contribution in [3.05, 3.63) is 30.1 Å². The minimum absolute atomic E-state index is 0.230. The summed E-state index contributed by atoms with van der Waals surface area (Å²) in [6.07, 6.45) is 3.61. The van der Waals surface area contributed by atoms with Crippen LogP contribution in [0.25, 0.3) is 0 Å². The number of nitrogens with zero attached hydrogens (tertiary/aromatic N) is 3. The van der Waals surface area contributed by atoms with Crippen molar-refractivity contribution in [3.63, 3.8) is 0 Å². The molecule has 1 aliphatic heterocycles. The summed E-state index contributed by atoms with van der Waals surface area (Å²) in [5, 5.41) is 4.05. The van der Waals surface area contributed by atoms with Gasteiger partial charge in [0, 0.05) is 18.1 Å². The molecule has 0 N–H and O–H groups in total. The molecule has 0 saturated carbocycles. The maximum absolute atomic E-state index is 4.05. The summed E-state index contributed by atoms with van der Waals surface area (Å²) in [6.45, 7) is 0. The lowest BCUT2D eigenvalue weighted by Crippen LogP contribution is -1.93. The molecule has 1 aromatic heterocycles. The molecular weight excluding hydrogens is 158 g/mol. The summed E-state index contributed by atoms with van der Waals surface area (Å²) in [7, 11) is 0. The molecule has 0 amide bonds. The van der Waals surface area contributed by atoms with Gasteiger partial charge in [-0.25, -0.2) is 0 Å². The molecule has 4 heteroatoms. The first-order valence-corrected chi connectivity index (χ1v) is 4.33. The van der Waals surface area contributed by atoms with E-state index in [1.165, 1.54) is 11.9 Å². The van der Waals surface area contributed by atoms with Gasteiger partial charge in [0.1, 0.15) is 6.04 Å². The minimum atomic E-state index is 0.230. The predicted molar refractivity (Wildman–Crippen MR) is 44.3 cm³/mol. The van der Waals surface area contributed by atoms with Crippen molar-refractivity contribution in [3.8, 4) is 0 Å². The molecule has 0 radical (unpaired) electrons. The van der Waals surface area contributed by atoms with Crippen LogP contribution in [0.2, 0.25) is 0 Å². The van der Waals surface area contributed by atoms with E-state index in [1.54, 1.807) is 6.20 Å². The molecule has 0 aromatic carbocycles. The van der Waals surface area contributed by atoms with Gasteiger partial charge in [0.15, 0.2) is 0 Å². The second kappa shape index (κ2) is 3.00. The molecule has 1 aromatic rings. The Morgan fingerprint density at radius 1 is 1.55 bits per heavy atom.